The molecule has 86 valence electrons. The summed E-state index contributed by atoms with van der Waals surface area (Å²) in [5.41, 5.74) is 7.32. The van der Waals surface area contributed by atoms with Gasteiger partial charge in [0.15, 0.2) is 0 Å². The van der Waals surface area contributed by atoms with Crippen molar-refractivity contribution in [1.29, 1.82) is 0 Å². The normalized spacial score (nSPS) is 9.94. The fourth-order valence-electron chi connectivity index (χ4n) is 1.50. The second kappa shape index (κ2) is 4.65. The van der Waals surface area contributed by atoms with Crippen LogP contribution in [0.5, 0.6) is 5.75 Å². The van der Waals surface area contributed by atoms with Crippen LogP contribution in [-0.4, -0.2) is 18.0 Å². The Labute approximate surface area is 99.1 Å². The summed E-state index contributed by atoms with van der Waals surface area (Å²) in [5, 5.41) is 0. The van der Waals surface area contributed by atoms with E-state index in [1.54, 1.807) is 31.5 Å². The van der Waals surface area contributed by atoms with Crippen LogP contribution < -0.4 is 10.5 Å². The van der Waals surface area contributed by atoms with Crippen molar-refractivity contribution in [2.24, 2.45) is 5.73 Å². The molecule has 0 spiro atoms. The predicted molar refractivity (Wildman–Crippen MR) is 64.7 cm³/mol. The predicted octanol–water partition coefficient (Wildman–Crippen LogP) is 1.86. The molecule has 0 aliphatic heterocycles. The second-order valence-electron chi connectivity index (χ2n) is 3.53. The van der Waals surface area contributed by atoms with Crippen molar-refractivity contribution in [2.75, 3.05) is 7.11 Å². The number of carbonyl (C=O) groups excluding carboxylic acids is 1. The molecule has 0 unspecified atom stereocenters. The summed E-state index contributed by atoms with van der Waals surface area (Å²) in [4.78, 5) is 15.3. The summed E-state index contributed by atoms with van der Waals surface area (Å²) in [7, 11) is 1.59. The topological polar surface area (TPSA) is 65.2 Å². The zero-order valence-electron chi connectivity index (χ0n) is 9.38. The molecule has 1 amide bonds. The lowest BCUT2D eigenvalue weighted by Crippen LogP contribution is -2.10. The van der Waals surface area contributed by atoms with E-state index in [2.05, 4.69) is 4.98 Å². The Bertz CT molecular complexity index is 535. The third kappa shape index (κ3) is 2.42. The Morgan fingerprint density at radius 1 is 1.29 bits per heavy atom. The molecular formula is C13H12N2O2. The first-order valence-corrected chi connectivity index (χ1v) is 5.11. The van der Waals surface area contributed by atoms with Crippen LogP contribution in [0.3, 0.4) is 0 Å². The zero-order chi connectivity index (χ0) is 12.3. The summed E-state index contributed by atoms with van der Waals surface area (Å²) in [5.74, 6) is 0.250. The molecule has 0 fully saturated rings. The summed E-state index contributed by atoms with van der Waals surface area (Å²) >= 11 is 0. The lowest BCUT2D eigenvalue weighted by molar-refractivity contribution is 0.100. The number of nitrogens with two attached hydrogens (primary N) is 1. The number of carbonyl (C=O) groups is 1. The van der Waals surface area contributed by atoms with Crippen molar-refractivity contribution in [2.45, 2.75) is 0 Å². The van der Waals surface area contributed by atoms with E-state index in [1.807, 2.05) is 18.2 Å². The minimum Gasteiger partial charge on any atom is -0.495 e. The maximum absolute atomic E-state index is 11.1. The minimum atomic E-state index is -0.444. The van der Waals surface area contributed by atoms with E-state index in [4.69, 9.17) is 10.5 Å². The summed E-state index contributed by atoms with van der Waals surface area (Å²) in [6.45, 7) is 0. The lowest BCUT2D eigenvalue weighted by Gasteiger charge is -2.04. The number of rotatable bonds is 3. The van der Waals surface area contributed by atoms with Crippen LogP contribution in [0.15, 0.2) is 42.6 Å². The molecule has 4 heteroatoms. The standard InChI is InChI=1S/C13H12N2O2/c1-17-11-5-6-12(15-8-11)9-3-2-4-10(7-9)13(14)16/h2-8H,1H3,(H2,14,16). The lowest BCUT2D eigenvalue weighted by atomic mass is 10.1. The Morgan fingerprint density at radius 2 is 2.12 bits per heavy atom. The molecular weight excluding hydrogens is 216 g/mol. The van der Waals surface area contributed by atoms with Crippen LogP contribution in [0.1, 0.15) is 10.4 Å². The number of amides is 1. The summed E-state index contributed by atoms with van der Waals surface area (Å²) < 4.78 is 5.03. The number of pyridine rings is 1. The van der Waals surface area contributed by atoms with E-state index < -0.39 is 5.91 Å². The van der Waals surface area contributed by atoms with E-state index in [9.17, 15) is 4.79 Å². The monoisotopic (exact) mass is 228 g/mol. The molecule has 17 heavy (non-hydrogen) atoms. The van der Waals surface area contributed by atoms with Gasteiger partial charge in [-0.2, -0.15) is 0 Å². The van der Waals surface area contributed by atoms with Gasteiger partial charge >= 0.3 is 0 Å². The smallest absolute Gasteiger partial charge is 0.248 e. The van der Waals surface area contributed by atoms with Crippen molar-refractivity contribution in [3.63, 3.8) is 0 Å². The molecule has 0 saturated heterocycles. The van der Waals surface area contributed by atoms with E-state index >= 15 is 0 Å². The number of primary amides is 1. The zero-order valence-corrected chi connectivity index (χ0v) is 9.38. The van der Waals surface area contributed by atoms with Gasteiger partial charge in [0, 0.05) is 11.1 Å². The van der Waals surface area contributed by atoms with Gasteiger partial charge in [0.2, 0.25) is 5.91 Å². The molecule has 0 saturated carbocycles. The van der Waals surface area contributed by atoms with Crippen LogP contribution >= 0.6 is 0 Å². The fourth-order valence-corrected chi connectivity index (χ4v) is 1.50. The Balaban J connectivity index is 2.38. The van der Waals surface area contributed by atoms with Crippen molar-refractivity contribution < 1.29 is 9.53 Å². The Hall–Kier alpha value is -2.36. The van der Waals surface area contributed by atoms with E-state index in [0.717, 1.165) is 11.3 Å². The third-order valence-corrected chi connectivity index (χ3v) is 2.41. The first kappa shape index (κ1) is 11.1. The minimum absolute atomic E-state index is 0.444. The Morgan fingerprint density at radius 3 is 2.71 bits per heavy atom. The van der Waals surface area contributed by atoms with Crippen molar-refractivity contribution in [3.05, 3.63) is 48.2 Å². The van der Waals surface area contributed by atoms with Crippen LogP contribution in [0.25, 0.3) is 11.3 Å². The van der Waals surface area contributed by atoms with Gasteiger partial charge in [-0.25, -0.2) is 0 Å². The molecule has 2 aromatic rings. The first-order valence-electron chi connectivity index (χ1n) is 5.11. The van der Waals surface area contributed by atoms with Crippen molar-refractivity contribution in [1.82, 2.24) is 4.98 Å². The number of benzene rings is 1. The van der Waals surface area contributed by atoms with Crippen LogP contribution in [-0.2, 0) is 0 Å². The highest BCUT2D eigenvalue weighted by molar-refractivity contribution is 5.93. The maximum atomic E-state index is 11.1. The molecule has 1 aromatic heterocycles. The number of ether oxygens (including phenoxy) is 1. The molecule has 1 aromatic carbocycles. The molecule has 1 heterocycles. The number of aromatic nitrogens is 1. The van der Waals surface area contributed by atoms with E-state index in [0.29, 0.717) is 11.3 Å². The molecule has 2 N–H and O–H groups in total. The van der Waals surface area contributed by atoms with Crippen molar-refractivity contribution >= 4 is 5.91 Å². The number of hydrogen-bond donors (Lipinski definition) is 1. The quantitative estimate of drug-likeness (QED) is 0.871. The van der Waals surface area contributed by atoms with Gasteiger partial charge in [0.1, 0.15) is 5.75 Å². The number of nitrogens with zero attached hydrogens (tertiary/aromatic N) is 1. The van der Waals surface area contributed by atoms with Gasteiger partial charge in [-0.3, -0.25) is 9.78 Å². The molecule has 0 aliphatic rings. The molecule has 0 bridgehead atoms. The first-order chi connectivity index (χ1) is 8.20. The fraction of sp³-hybridized carbons (Fsp3) is 0.0769. The average molecular weight is 228 g/mol. The van der Waals surface area contributed by atoms with Gasteiger partial charge in [0.25, 0.3) is 0 Å². The summed E-state index contributed by atoms with van der Waals surface area (Å²) in [6, 6.07) is 10.7. The highest BCUT2D eigenvalue weighted by atomic mass is 16.5. The van der Waals surface area contributed by atoms with E-state index in [-0.39, 0.29) is 0 Å². The highest BCUT2D eigenvalue weighted by Gasteiger charge is 2.04. The van der Waals surface area contributed by atoms with Gasteiger partial charge in [-0.1, -0.05) is 12.1 Å². The second-order valence-corrected chi connectivity index (χ2v) is 3.53. The van der Waals surface area contributed by atoms with Gasteiger partial charge in [0.05, 0.1) is 19.0 Å². The van der Waals surface area contributed by atoms with Crippen LogP contribution in [0, 0.1) is 0 Å². The maximum Gasteiger partial charge on any atom is 0.248 e. The van der Waals surface area contributed by atoms with Crippen LogP contribution in [0.2, 0.25) is 0 Å². The van der Waals surface area contributed by atoms with Crippen LogP contribution in [0.4, 0.5) is 0 Å². The molecule has 2 rings (SSSR count). The van der Waals surface area contributed by atoms with E-state index in [1.165, 1.54) is 0 Å². The highest BCUT2D eigenvalue weighted by Crippen LogP contribution is 2.20. The third-order valence-electron chi connectivity index (χ3n) is 2.41. The Kier molecular flexibility index (Phi) is 3.05. The van der Waals surface area contributed by atoms with Gasteiger partial charge in [-0.15, -0.1) is 0 Å². The molecule has 0 aliphatic carbocycles. The SMILES string of the molecule is COc1ccc(-c2cccc(C(N)=O)c2)nc1. The summed E-state index contributed by atoms with van der Waals surface area (Å²) in [6.07, 6.45) is 1.63. The average Bonchev–Trinajstić information content (AvgIpc) is 2.39. The largest absolute Gasteiger partial charge is 0.495 e. The van der Waals surface area contributed by atoms with Crippen molar-refractivity contribution in [3.8, 4) is 17.0 Å². The van der Waals surface area contributed by atoms with Gasteiger partial charge < -0.3 is 10.5 Å². The van der Waals surface area contributed by atoms with Gasteiger partial charge in [-0.05, 0) is 24.3 Å². The molecule has 4 nitrogen and oxygen atoms in total. The molecule has 0 atom stereocenters. The number of hydrogen-bond acceptors (Lipinski definition) is 3. The number of methoxy groups -OCH3 is 1. The molecule has 0 radical (unpaired) electrons.